The summed E-state index contributed by atoms with van der Waals surface area (Å²) in [5.74, 6) is 0.633. The van der Waals surface area contributed by atoms with E-state index in [1.54, 1.807) is 19.1 Å². The summed E-state index contributed by atoms with van der Waals surface area (Å²) in [7, 11) is -3.63. The van der Waals surface area contributed by atoms with Crippen LogP contribution in [-0.2, 0) is 22.9 Å². The zero-order chi connectivity index (χ0) is 14.2. The first kappa shape index (κ1) is 13.1. The molecular formula is C13H16N4O2S. The molecule has 1 aliphatic rings. The molecule has 2 aromatic rings. The maximum atomic E-state index is 12.3. The molecule has 6 nitrogen and oxygen atoms in total. The van der Waals surface area contributed by atoms with E-state index >= 15 is 0 Å². The van der Waals surface area contributed by atoms with Crippen LogP contribution in [0.2, 0.25) is 0 Å². The number of nitrogens with zero attached hydrogens (tertiary/aromatic N) is 2. The molecule has 0 radical (unpaired) electrons. The molecule has 1 aromatic heterocycles. The molecule has 1 aromatic carbocycles. The van der Waals surface area contributed by atoms with Crippen molar-refractivity contribution < 1.29 is 8.42 Å². The fraction of sp³-hybridized carbons (Fsp3) is 0.385. The van der Waals surface area contributed by atoms with Gasteiger partial charge in [-0.2, -0.15) is 4.98 Å². The lowest BCUT2D eigenvalue weighted by molar-refractivity contribution is 0.600. The van der Waals surface area contributed by atoms with E-state index in [-0.39, 0.29) is 10.8 Å². The Hall–Kier alpha value is -1.89. The van der Waals surface area contributed by atoms with Crippen molar-refractivity contribution >= 4 is 16.0 Å². The summed E-state index contributed by atoms with van der Waals surface area (Å²) < 4.78 is 27.0. The Morgan fingerprint density at radius 1 is 1.20 bits per heavy atom. The van der Waals surface area contributed by atoms with Gasteiger partial charge >= 0.3 is 0 Å². The second kappa shape index (κ2) is 4.90. The summed E-state index contributed by atoms with van der Waals surface area (Å²) in [5.41, 5.74) is 2.38. The van der Waals surface area contributed by atoms with Crippen LogP contribution in [0, 0.1) is 6.92 Å². The number of anilines is 1. The number of aromatic amines is 1. The quantitative estimate of drug-likeness (QED) is 0.903. The molecule has 106 valence electrons. The molecule has 20 heavy (non-hydrogen) atoms. The first-order chi connectivity index (χ1) is 9.54. The van der Waals surface area contributed by atoms with Gasteiger partial charge in [0.05, 0.1) is 4.90 Å². The van der Waals surface area contributed by atoms with Crippen molar-refractivity contribution in [3.63, 3.8) is 0 Å². The summed E-state index contributed by atoms with van der Waals surface area (Å²) in [6.45, 7) is 1.71. The van der Waals surface area contributed by atoms with Gasteiger partial charge in [0, 0.05) is 0 Å². The number of hydrogen-bond donors (Lipinski definition) is 2. The van der Waals surface area contributed by atoms with E-state index in [9.17, 15) is 8.42 Å². The molecule has 2 N–H and O–H groups in total. The van der Waals surface area contributed by atoms with Gasteiger partial charge in [-0.15, -0.1) is 5.10 Å². The van der Waals surface area contributed by atoms with E-state index < -0.39 is 10.0 Å². The van der Waals surface area contributed by atoms with Gasteiger partial charge in [0.15, 0.2) is 0 Å². The number of aromatic nitrogens is 3. The van der Waals surface area contributed by atoms with Crippen LogP contribution < -0.4 is 4.72 Å². The fourth-order valence-corrected chi connectivity index (χ4v) is 3.44. The van der Waals surface area contributed by atoms with Gasteiger partial charge in [-0.05, 0) is 55.9 Å². The minimum Gasteiger partial charge on any atom is -0.261 e. The van der Waals surface area contributed by atoms with Crippen LogP contribution in [0.4, 0.5) is 5.95 Å². The van der Waals surface area contributed by atoms with Gasteiger partial charge in [-0.1, -0.05) is 6.07 Å². The van der Waals surface area contributed by atoms with Gasteiger partial charge in [0.2, 0.25) is 0 Å². The zero-order valence-corrected chi connectivity index (χ0v) is 12.0. The molecule has 1 aliphatic carbocycles. The Bertz CT molecular complexity index is 737. The van der Waals surface area contributed by atoms with Crippen molar-refractivity contribution in [2.24, 2.45) is 0 Å². The third-order valence-electron chi connectivity index (χ3n) is 3.45. The Morgan fingerprint density at radius 2 is 1.95 bits per heavy atom. The van der Waals surface area contributed by atoms with Crippen molar-refractivity contribution in [2.45, 2.75) is 37.5 Å². The van der Waals surface area contributed by atoms with Crippen molar-refractivity contribution in [3.8, 4) is 0 Å². The predicted octanol–water partition coefficient (Wildman–Crippen LogP) is 1.79. The molecule has 0 amide bonds. The monoisotopic (exact) mass is 292 g/mol. The Morgan fingerprint density at radius 3 is 2.65 bits per heavy atom. The highest BCUT2D eigenvalue weighted by Crippen LogP contribution is 2.24. The number of hydrogen-bond acceptors (Lipinski definition) is 4. The molecule has 0 unspecified atom stereocenters. The van der Waals surface area contributed by atoms with Crippen molar-refractivity contribution in [1.82, 2.24) is 15.2 Å². The highest BCUT2D eigenvalue weighted by Gasteiger charge is 2.19. The number of nitrogens with one attached hydrogen (secondary N) is 2. The van der Waals surface area contributed by atoms with Crippen LogP contribution in [0.5, 0.6) is 0 Å². The molecule has 0 fully saturated rings. The molecule has 0 spiro atoms. The Balaban J connectivity index is 1.91. The third kappa shape index (κ3) is 2.53. The maximum absolute atomic E-state index is 12.3. The average molecular weight is 292 g/mol. The Kier molecular flexibility index (Phi) is 3.21. The highest BCUT2D eigenvalue weighted by molar-refractivity contribution is 7.92. The van der Waals surface area contributed by atoms with Gasteiger partial charge < -0.3 is 0 Å². The number of aryl methyl sites for hydroxylation is 3. The number of H-pyrrole nitrogens is 1. The van der Waals surface area contributed by atoms with E-state index in [1.807, 2.05) is 6.07 Å². The first-order valence-electron chi connectivity index (χ1n) is 6.58. The van der Waals surface area contributed by atoms with Crippen molar-refractivity contribution in [1.29, 1.82) is 0 Å². The molecule has 0 saturated carbocycles. The fourth-order valence-electron chi connectivity index (χ4n) is 2.44. The summed E-state index contributed by atoms with van der Waals surface area (Å²) in [6.07, 6.45) is 4.26. The lowest BCUT2D eigenvalue weighted by Crippen LogP contribution is -2.15. The molecule has 3 rings (SSSR count). The second-order valence-electron chi connectivity index (χ2n) is 4.99. The van der Waals surface area contributed by atoms with E-state index in [0.29, 0.717) is 5.82 Å². The summed E-state index contributed by atoms with van der Waals surface area (Å²) in [6, 6.07) is 5.31. The van der Waals surface area contributed by atoms with Gasteiger partial charge in [0.1, 0.15) is 5.82 Å². The van der Waals surface area contributed by atoms with E-state index in [1.165, 1.54) is 12.0 Å². The molecular weight excluding hydrogens is 276 g/mol. The van der Waals surface area contributed by atoms with E-state index in [2.05, 4.69) is 19.9 Å². The minimum absolute atomic E-state index is 0.0696. The smallest absolute Gasteiger partial charge is 0.261 e. The van der Waals surface area contributed by atoms with Crippen molar-refractivity contribution in [3.05, 3.63) is 35.2 Å². The highest BCUT2D eigenvalue weighted by atomic mass is 32.2. The molecule has 0 atom stereocenters. The third-order valence-corrected chi connectivity index (χ3v) is 4.78. The molecule has 0 aliphatic heterocycles. The molecule has 7 heteroatoms. The predicted molar refractivity (Wildman–Crippen MR) is 75.0 cm³/mol. The van der Waals surface area contributed by atoms with Gasteiger partial charge in [0.25, 0.3) is 16.0 Å². The summed E-state index contributed by atoms with van der Waals surface area (Å²) in [5, 5.41) is 6.39. The standard InChI is InChI=1S/C13H16N4O2S/c1-9-14-13(16-15-9)17-20(18,19)12-7-6-10-4-2-3-5-11(10)8-12/h6-8H,2-5H2,1H3,(H2,14,15,16,17). The normalized spacial score (nSPS) is 14.8. The topological polar surface area (TPSA) is 87.7 Å². The van der Waals surface area contributed by atoms with Crippen LogP contribution in [0.3, 0.4) is 0 Å². The maximum Gasteiger partial charge on any atom is 0.264 e. The molecule has 0 saturated heterocycles. The summed E-state index contributed by atoms with van der Waals surface area (Å²) in [4.78, 5) is 4.22. The van der Waals surface area contributed by atoms with E-state index in [0.717, 1.165) is 24.8 Å². The van der Waals surface area contributed by atoms with Gasteiger partial charge in [-0.3, -0.25) is 5.10 Å². The average Bonchev–Trinajstić information content (AvgIpc) is 2.83. The lowest BCUT2D eigenvalue weighted by atomic mass is 9.92. The van der Waals surface area contributed by atoms with Crippen LogP contribution in [0.25, 0.3) is 0 Å². The largest absolute Gasteiger partial charge is 0.264 e. The van der Waals surface area contributed by atoms with Crippen LogP contribution in [0.1, 0.15) is 29.8 Å². The number of rotatable bonds is 3. The van der Waals surface area contributed by atoms with Gasteiger partial charge in [-0.25, -0.2) is 13.1 Å². The summed E-state index contributed by atoms with van der Waals surface area (Å²) >= 11 is 0. The van der Waals surface area contributed by atoms with Crippen LogP contribution in [0.15, 0.2) is 23.1 Å². The van der Waals surface area contributed by atoms with Crippen LogP contribution in [-0.4, -0.2) is 23.6 Å². The molecule has 0 bridgehead atoms. The second-order valence-corrected chi connectivity index (χ2v) is 6.67. The van der Waals surface area contributed by atoms with Crippen molar-refractivity contribution in [2.75, 3.05) is 4.72 Å². The molecule has 1 heterocycles. The van der Waals surface area contributed by atoms with E-state index in [4.69, 9.17) is 0 Å². The number of sulfonamides is 1. The minimum atomic E-state index is -3.63. The number of fused-ring (bicyclic) bond motifs is 1. The van der Waals surface area contributed by atoms with Crippen LogP contribution >= 0.6 is 0 Å². The lowest BCUT2D eigenvalue weighted by Gasteiger charge is -2.16. The first-order valence-corrected chi connectivity index (χ1v) is 8.06. The SMILES string of the molecule is Cc1nc(NS(=O)(=O)c2ccc3c(c2)CCCC3)n[nH]1. The zero-order valence-electron chi connectivity index (χ0n) is 11.2. The Labute approximate surface area is 117 Å². The number of benzene rings is 1.